The molecule has 0 aliphatic heterocycles. The zero-order chi connectivity index (χ0) is 14.7. The van der Waals surface area contributed by atoms with E-state index in [1.807, 2.05) is 0 Å². The molecule has 0 aliphatic carbocycles. The molecule has 0 fully saturated rings. The molecule has 1 nitrogen and oxygen atoms in total. The number of hydrogen-bond donors (Lipinski definition) is 0. The minimum atomic E-state index is -1.00. The van der Waals surface area contributed by atoms with E-state index in [0.717, 1.165) is 12.1 Å². The van der Waals surface area contributed by atoms with Crippen molar-refractivity contribution in [2.45, 2.75) is 12.8 Å². The van der Waals surface area contributed by atoms with Crippen LogP contribution in [0.3, 0.4) is 0 Å². The molecule has 5 heteroatoms. The Hall–Kier alpha value is -1.81. The molecule has 0 bridgehead atoms. The lowest BCUT2D eigenvalue weighted by atomic mass is 10.0. The molecule has 2 aromatic carbocycles. The molecule has 0 spiro atoms. The van der Waals surface area contributed by atoms with Crippen LogP contribution < -0.4 is 0 Å². The lowest BCUT2D eigenvalue weighted by Crippen LogP contribution is -2.08. The molecule has 20 heavy (non-hydrogen) atoms. The van der Waals surface area contributed by atoms with Crippen molar-refractivity contribution >= 4 is 17.4 Å². The molecule has 0 saturated carbocycles. The molecule has 0 N–H and O–H groups in total. The van der Waals surface area contributed by atoms with Gasteiger partial charge in [0.05, 0.1) is 5.02 Å². The zero-order valence-electron chi connectivity index (χ0n) is 10.3. The Morgan fingerprint density at radius 1 is 0.950 bits per heavy atom. The van der Waals surface area contributed by atoms with Crippen LogP contribution in [0, 0.1) is 17.5 Å². The summed E-state index contributed by atoms with van der Waals surface area (Å²) in [5.74, 6) is -2.82. The van der Waals surface area contributed by atoms with Gasteiger partial charge in [-0.25, -0.2) is 13.2 Å². The van der Waals surface area contributed by atoms with Gasteiger partial charge in [-0.05, 0) is 29.3 Å². The minimum Gasteiger partial charge on any atom is -0.299 e. The second kappa shape index (κ2) is 6.09. The summed E-state index contributed by atoms with van der Waals surface area (Å²) in [6.07, 6.45) is -0.125. The molecule has 0 aromatic heterocycles. The minimum absolute atomic E-state index is 0.0599. The van der Waals surface area contributed by atoms with E-state index in [9.17, 15) is 18.0 Å². The van der Waals surface area contributed by atoms with Crippen molar-refractivity contribution in [1.29, 1.82) is 0 Å². The van der Waals surface area contributed by atoms with Gasteiger partial charge in [0, 0.05) is 12.8 Å². The predicted octanol–water partition coefficient (Wildman–Crippen LogP) is 4.11. The van der Waals surface area contributed by atoms with E-state index in [2.05, 4.69) is 0 Å². The normalized spacial score (nSPS) is 10.6. The summed E-state index contributed by atoms with van der Waals surface area (Å²) in [7, 11) is 0. The van der Waals surface area contributed by atoms with Gasteiger partial charge in [0.15, 0.2) is 11.6 Å². The largest absolute Gasteiger partial charge is 0.299 e. The number of Topliss-reactive ketones (excluding diaryl/α,β-unsaturated/α-hetero) is 1. The third-order valence-electron chi connectivity index (χ3n) is 2.80. The van der Waals surface area contributed by atoms with Crippen molar-refractivity contribution in [3.63, 3.8) is 0 Å². The highest BCUT2D eigenvalue weighted by Gasteiger charge is 2.12. The molecule has 0 amide bonds. The monoisotopic (exact) mass is 298 g/mol. The lowest BCUT2D eigenvalue weighted by molar-refractivity contribution is -0.117. The molecule has 0 saturated heterocycles. The average Bonchev–Trinajstić information content (AvgIpc) is 2.39. The highest BCUT2D eigenvalue weighted by molar-refractivity contribution is 6.31. The molecule has 0 atom stereocenters. The van der Waals surface area contributed by atoms with Gasteiger partial charge < -0.3 is 0 Å². The fourth-order valence-electron chi connectivity index (χ4n) is 1.84. The Labute approximate surface area is 119 Å². The number of hydrogen-bond acceptors (Lipinski definition) is 1. The van der Waals surface area contributed by atoms with E-state index in [1.54, 1.807) is 6.07 Å². The Morgan fingerprint density at radius 3 is 2.40 bits per heavy atom. The van der Waals surface area contributed by atoms with Crippen molar-refractivity contribution in [3.05, 3.63) is 70.0 Å². The summed E-state index contributed by atoms with van der Waals surface area (Å²) in [5.41, 5.74) is 0.737. The molecule has 2 aromatic rings. The maximum absolute atomic E-state index is 13.2. The smallest absolute Gasteiger partial charge is 0.159 e. The summed E-state index contributed by atoms with van der Waals surface area (Å²) in [4.78, 5) is 11.8. The molecule has 0 radical (unpaired) electrons. The number of ketones is 1. The van der Waals surface area contributed by atoms with Crippen molar-refractivity contribution in [2.24, 2.45) is 0 Å². The third kappa shape index (κ3) is 3.39. The van der Waals surface area contributed by atoms with Crippen LogP contribution in [0.2, 0.25) is 5.02 Å². The van der Waals surface area contributed by atoms with Gasteiger partial charge >= 0.3 is 0 Å². The summed E-state index contributed by atoms with van der Waals surface area (Å²) < 4.78 is 39.0. The zero-order valence-corrected chi connectivity index (χ0v) is 11.1. The first-order valence-electron chi connectivity index (χ1n) is 5.86. The first-order valence-corrected chi connectivity index (χ1v) is 6.23. The van der Waals surface area contributed by atoms with Crippen LogP contribution in [0.1, 0.15) is 11.1 Å². The van der Waals surface area contributed by atoms with Gasteiger partial charge in [0.1, 0.15) is 11.6 Å². The summed E-state index contributed by atoms with van der Waals surface area (Å²) >= 11 is 5.75. The quantitative estimate of drug-likeness (QED) is 0.830. The SMILES string of the molecule is O=C(Cc1ccc(F)c(F)c1)Cc1cccc(F)c1Cl. The summed E-state index contributed by atoms with van der Waals surface area (Å²) in [6.45, 7) is 0. The maximum Gasteiger partial charge on any atom is 0.159 e. The Kier molecular flexibility index (Phi) is 4.45. The van der Waals surface area contributed by atoms with Crippen molar-refractivity contribution < 1.29 is 18.0 Å². The van der Waals surface area contributed by atoms with Crippen LogP contribution in [-0.2, 0) is 17.6 Å². The van der Waals surface area contributed by atoms with Gasteiger partial charge in [-0.2, -0.15) is 0 Å². The van der Waals surface area contributed by atoms with Crippen molar-refractivity contribution in [3.8, 4) is 0 Å². The number of carbonyl (C=O) groups excluding carboxylic acids is 1. The molecule has 104 valence electrons. The van der Waals surface area contributed by atoms with Crippen LogP contribution in [0.25, 0.3) is 0 Å². The highest BCUT2D eigenvalue weighted by atomic mass is 35.5. The van der Waals surface area contributed by atoms with E-state index >= 15 is 0 Å². The Morgan fingerprint density at radius 2 is 1.70 bits per heavy atom. The van der Waals surface area contributed by atoms with E-state index < -0.39 is 17.5 Å². The van der Waals surface area contributed by atoms with Gasteiger partial charge in [0.2, 0.25) is 0 Å². The van der Waals surface area contributed by atoms with E-state index in [0.29, 0.717) is 11.1 Å². The van der Waals surface area contributed by atoms with E-state index in [1.165, 1.54) is 18.2 Å². The molecular weight excluding hydrogens is 289 g/mol. The number of halogens is 4. The van der Waals surface area contributed by atoms with Crippen molar-refractivity contribution in [2.75, 3.05) is 0 Å². The van der Waals surface area contributed by atoms with Crippen LogP contribution in [0.4, 0.5) is 13.2 Å². The summed E-state index contributed by atoms with van der Waals surface area (Å²) in [6, 6.07) is 7.48. The predicted molar refractivity (Wildman–Crippen MR) is 70.2 cm³/mol. The van der Waals surface area contributed by atoms with Crippen LogP contribution in [-0.4, -0.2) is 5.78 Å². The number of benzene rings is 2. The van der Waals surface area contributed by atoms with Crippen molar-refractivity contribution in [1.82, 2.24) is 0 Å². The van der Waals surface area contributed by atoms with E-state index in [-0.39, 0.29) is 23.6 Å². The Bertz CT molecular complexity index is 656. The van der Waals surface area contributed by atoms with Gasteiger partial charge in [-0.15, -0.1) is 0 Å². The average molecular weight is 299 g/mol. The lowest BCUT2D eigenvalue weighted by Gasteiger charge is -2.05. The topological polar surface area (TPSA) is 17.1 Å². The fourth-order valence-corrected chi connectivity index (χ4v) is 2.03. The number of rotatable bonds is 4. The molecule has 2 rings (SSSR count). The third-order valence-corrected chi connectivity index (χ3v) is 3.23. The first-order chi connectivity index (χ1) is 9.47. The molecular formula is C15H10ClF3O. The van der Waals surface area contributed by atoms with Crippen LogP contribution >= 0.6 is 11.6 Å². The molecule has 0 heterocycles. The van der Waals surface area contributed by atoms with E-state index in [4.69, 9.17) is 11.6 Å². The Balaban J connectivity index is 2.09. The second-order valence-electron chi connectivity index (χ2n) is 4.35. The molecule has 0 aliphatic rings. The standard InChI is InChI=1S/C15H10ClF3O/c16-15-10(2-1-3-13(15)18)8-11(20)6-9-4-5-12(17)14(19)7-9/h1-5,7H,6,8H2. The second-order valence-corrected chi connectivity index (χ2v) is 4.73. The van der Waals surface area contributed by atoms with Crippen LogP contribution in [0.5, 0.6) is 0 Å². The van der Waals surface area contributed by atoms with Crippen LogP contribution in [0.15, 0.2) is 36.4 Å². The maximum atomic E-state index is 13.2. The highest BCUT2D eigenvalue weighted by Crippen LogP contribution is 2.20. The molecule has 0 unspecified atom stereocenters. The fraction of sp³-hybridized carbons (Fsp3) is 0.133. The van der Waals surface area contributed by atoms with Gasteiger partial charge in [0.25, 0.3) is 0 Å². The first kappa shape index (κ1) is 14.6. The van der Waals surface area contributed by atoms with Gasteiger partial charge in [-0.1, -0.05) is 29.8 Å². The van der Waals surface area contributed by atoms with Gasteiger partial charge in [-0.3, -0.25) is 4.79 Å². The summed E-state index contributed by atoms with van der Waals surface area (Å²) in [5, 5.41) is -0.0915. The number of carbonyl (C=O) groups is 1.